The second-order valence-electron chi connectivity index (χ2n) is 4.78. The van der Waals surface area contributed by atoms with Crippen LogP contribution in [-0.2, 0) is 0 Å². The number of ether oxygens (including phenoxy) is 1. The maximum atomic E-state index is 13.1. The van der Waals surface area contributed by atoms with Gasteiger partial charge in [0.15, 0.2) is 0 Å². The van der Waals surface area contributed by atoms with Crippen molar-refractivity contribution in [1.29, 1.82) is 0 Å². The number of hydrogen-bond acceptors (Lipinski definition) is 3. The number of nitrogens with one attached hydrogen (secondary N) is 1. The first-order chi connectivity index (χ1) is 9.65. The molecule has 0 amide bonds. The molecule has 1 atom stereocenters. The minimum atomic E-state index is -0.313. The monoisotopic (exact) mass is 274 g/mol. The molecule has 1 aromatic carbocycles. The summed E-state index contributed by atoms with van der Waals surface area (Å²) in [6.07, 6.45) is 2.87. The van der Waals surface area contributed by atoms with Crippen LogP contribution in [0.1, 0.15) is 24.1 Å². The lowest BCUT2D eigenvalue weighted by atomic mass is 10.1. The molecule has 2 rings (SSSR count). The van der Waals surface area contributed by atoms with Gasteiger partial charge in [0, 0.05) is 18.8 Å². The number of aromatic nitrogens is 1. The van der Waals surface area contributed by atoms with Crippen LogP contribution in [0.25, 0.3) is 0 Å². The number of hydrogen-bond donors (Lipinski definition) is 1. The Morgan fingerprint density at radius 2 is 2.15 bits per heavy atom. The van der Waals surface area contributed by atoms with Crippen LogP contribution in [0, 0.1) is 12.7 Å². The Bertz CT molecular complexity index is 560. The molecule has 0 fully saturated rings. The molecule has 0 radical (unpaired) electrons. The van der Waals surface area contributed by atoms with Gasteiger partial charge in [0.2, 0.25) is 0 Å². The first-order valence-electron chi connectivity index (χ1n) is 6.68. The molecule has 4 heteroatoms. The molecule has 0 aliphatic carbocycles. The Morgan fingerprint density at radius 1 is 1.30 bits per heavy atom. The third-order valence-electron chi connectivity index (χ3n) is 3.04. The predicted molar refractivity (Wildman–Crippen MR) is 77.3 cm³/mol. The molecule has 106 valence electrons. The van der Waals surface area contributed by atoms with Gasteiger partial charge in [0.25, 0.3) is 0 Å². The Balaban J connectivity index is 1.76. The quantitative estimate of drug-likeness (QED) is 0.821. The summed E-state index contributed by atoms with van der Waals surface area (Å²) in [6.45, 7) is 5.26. The number of nitrogens with zero attached hydrogens (tertiary/aromatic N) is 1. The fourth-order valence-corrected chi connectivity index (χ4v) is 1.93. The molecule has 0 aliphatic heterocycles. The van der Waals surface area contributed by atoms with E-state index >= 15 is 0 Å². The Morgan fingerprint density at radius 3 is 2.90 bits per heavy atom. The van der Waals surface area contributed by atoms with Crippen LogP contribution in [0.15, 0.2) is 42.7 Å². The van der Waals surface area contributed by atoms with Crippen LogP contribution in [0.3, 0.4) is 0 Å². The van der Waals surface area contributed by atoms with Crippen LogP contribution in [0.4, 0.5) is 4.39 Å². The summed E-state index contributed by atoms with van der Waals surface area (Å²) in [6, 6.07) is 9.47. The molecular formula is C16H19FN2O. The fraction of sp³-hybridized carbons (Fsp3) is 0.312. The van der Waals surface area contributed by atoms with Crippen molar-refractivity contribution in [3.63, 3.8) is 0 Å². The van der Waals surface area contributed by atoms with Crippen LogP contribution in [-0.4, -0.2) is 18.1 Å². The summed E-state index contributed by atoms with van der Waals surface area (Å²) in [5, 5.41) is 3.28. The third kappa shape index (κ3) is 4.31. The summed E-state index contributed by atoms with van der Waals surface area (Å²) >= 11 is 0. The van der Waals surface area contributed by atoms with Crippen molar-refractivity contribution < 1.29 is 9.13 Å². The molecule has 0 spiro atoms. The Kier molecular flexibility index (Phi) is 5.07. The van der Waals surface area contributed by atoms with Gasteiger partial charge in [-0.15, -0.1) is 0 Å². The molecular weight excluding hydrogens is 255 g/mol. The average molecular weight is 274 g/mol. The molecule has 0 saturated carbocycles. The summed E-state index contributed by atoms with van der Waals surface area (Å²) in [7, 11) is 0. The van der Waals surface area contributed by atoms with Gasteiger partial charge in [0.1, 0.15) is 18.2 Å². The molecule has 1 heterocycles. The molecule has 1 aromatic heterocycles. The van der Waals surface area contributed by atoms with E-state index in [1.165, 1.54) is 17.8 Å². The smallest absolute Gasteiger partial charge is 0.141 e. The molecule has 0 bridgehead atoms. The van der Waals surface area contributed by atoms with Crippen molar-refractivity contribution in [3.05, 3.63) is 59.7 Å². The second kappa shape index (κ2) is 7.01. The summed E-state index contributed by atoms with van der Waals surface area (Å²) in [5.41, 5.74) is 2.01. The first kappa shape index (κ1) is 14.5. The van der Waals surface area contributed by atoms with E-state index < -0.39 is 0 Å². The van der Waals surface area contributed by atoms with Crippen molar-refractivity contribution in [2.24, 2.45) is 0 Å². The summed E-state index contributed by atoms with van der Waals surface area (Å²) < 4.78 is 18.7. The van der Waals surface area contributed by atoms with Crippen LogP contribution >= 0.6 is 0 Å². The molecule has 20 heavy (non-hydrogen) atoms. The van der Waals surface area contributed by atoms with Crippen molar-refractivity contribution in [3.8, 4) is 5.75 Å². The van der Waals surface area contributed by atoms with Crippen molar-refractivity contribution in [2.75, 3.05) is 13.2 Å². The normalized spacial score (nSPS) is 12.2. The highest BCUT2D eigenvalue weighted by molar-refractivity contribution is 5.27. The Hall–Kier alpha value is -1.94. The van der Waals surface area contributed by atoms with E-state index in [1.807, 2.05) is 38.1 Å². The van der Waals surface area contributed by atoms with E-state index in [4.69, 9.17) is 4.74 Å². The second-order valence-corrected chi connectivity index (χ2v) is 4.78. The number of halogens is 1. The minimum Gasteiger partial charge on any atom is -0.492 e. The number of benzene rings is 1. The van der Waals surface area contributed by atoms with Crippen molar-refractivity contribution >= 4 is 0 Å². The van der Waals surface area contributed by atoms with E-state index in [9.17, 15) is 4.39 Å². The molecule has 1 unspecified atom stereocenters. The Labute approximate surface area is 118 Å². The minimum absolute atomic E-state index is 0.0410. The van der Waals surface area contributed by atoms with Gasteiger partial charge in [-0.05, 0) is 43.2 Å². The lowest BCUT2D eigenvalue weighted by molar-refractivity contribution is 0.307. The van der Waals surface area contributed by atoms with Crippen molar-refractivity contribution in [2.45, 2.75) is 19.9 Å². The largest absolute Gasteiger partial charge is 0.492 e. The van der Waals surface area contributed by atoms with Gasteiger partial charge in [0.05, 0.1) is 6.20 Å². The topological polar surface area (TPSA) is 34.1 Å². The molecule has 3 nitrogen and oxygen atoms in total. The number of rotatable bonds is 6. The SMILES string of the molecule is Cc1cccc(OCCNC(C)c2cncc(F)c2)c1. The number of aryl methyl sites for hydroxylation is 1. The third-order valence-corrected chi connectivity index (χ3v) is 3.04. The van der Waals surface area contributed by atoms with Gasteiger partial charge >= 0.3 is 0 Å². The summed E-state index contributed by atoms with van der Waals surface area (Å²) in [4.78, 5) is 3.84. The van der Waals surface area contributed by atoms with Crippen LogP contribution in [0.2, 0.25) is 0 Å². The van der Waals surface area contributed by atoms with Gasteiger partial charge in [-0.2, -0.15) is 0 Å². The van der Waals surface area contributed by atoms with Crippen LogP contribution in [0.5, 0.6) is 5.75 Å². The van der Waals surface area contributed by atoms with E-state index in [1.54, 1.807) is 6.20 Å². The van der Waals surface area contributed by atoms with E-state index in [2.05, 4.69) is 10.3 Å². The summed E-state index contributed by atoms with van der Waals surface area (Å²) in [5.74, 6) is 0.555. The average Bonchev–Trinajstić information content (AvgIpc) is 2.43. The van der Waals surface area contributed by atoms with Crippen molar-refractivity contribution in [1.82, 2.24) is 10.3 Å². The highest BCUT2D eigenvalue weighted by Gasteiger charge is 2.05. The van der Waals surface area contributed by atoms with E-state index in [-0.39, 0.29) is 11.9 Å². The fourth-order valence-electron chi connectivity index (χ4n) is 1.93. The molecule has 1 N–H and O–H groups in total. The zero-order chi connectivity index (χ0) is 14.4. The van der Waals surface area contributed by atoms with Gasteiger partial charge in [-0.25, -0.2) is 4.39 Å². The molecule has 0 aliphatic rings. The van der Waals surface area contributed by atoms with Crippen LogP contribution < -0.4 is 10.1 Å². The van der Waals surface area contributed by atoms with Gasteiger partial charge in [-0.3, -0.25) is 4.98 Å². The zero-order valence-corrected chi connectivity index (χ0v) is 11.8. The maximum absolute atomic E-state index is 13.1. The molecule has 0 saturated heterocycles. The maximum Gasteiger partial charge on any atom is 0.141 e. The highest BCUT2D eigenvalue weighted by Crippen LogP contribution is 2.13. The standard InChI is InChI=1S/C16H19FN2O/c1-12-4-3-5-16(8-12)20-7-6-19-13(2)14-9-15(17)11-18-10-14/h3-5,8-11,13,19H,6-7H2,1-2H3. The lowest BCUT2D eigenvalue weighted by Crippen LogP contribution is -2.24. The number of pyridine rings is 1. The predicted octanol–water partition coefficient (Wildman–Crippen LogP) is 3.26. The van der Waals surface area contributed by atoms with Gasteiger partial charge < -0.3 is 10.1 Å². The first-order valence-corrected chi connectivity index (χ1v) is 6.68. The zero-order valence-electron chi connectivity index (χ0n) is 11.8. The highest BCUT2D eigenvalue weighted by atomic mass is 19.1. The molecule has 2 aromatic rings. The van der Waals surface area contributed by atoms with E-state index in [0.29, 0.717) is 13.2 Å². The van der Waals surface area contributed by atoms with E-state index in [0.717, 1.165) is 11.3 Å². The lowest BCUT2D eigenvalue weighted by Gasteiger charge is -2.14. The van der Waals surface area contributed by atoms with Gasteiger partial charge in [-0.1, -0.05) is 12.1 Å².